The highest BCUT2D eigenvalue weighted by molar-refractivity contribution is 8.01. The van der Waals surface area contributed by atoms with Gasteiger partial charge in [0.15, 0.2) is 4.34 Å². The molecule has 2 amide bonds. The number of carbonyl (C=O) groups is 3. The third kappa shape index (κ3) is 7.05. The van der Waals surface area contributed by atoms with Crippen LogP contribution < -0.4 is 10.6 Å². The molecule has 0 saturated carbocycles. The number of anilines is 2. The lowest BCUT2D eigenvalue weighted by atomic mass is 10.2. The number of nitrogens with one attached hydrogen (secondary N) is 2. The number of thioether (sulfide) groups is 1. The van der Waals surface area contributed by atoms with Crippen LogP contribution >= 0.6 is 23.1 Å². The molecular formula is C21H18N4O4S2. The van der Waals surface area contributed by atoms with Gasteiger partial charge in [0.25, 0.3) is 0 Å². The molecule has 0 aliphatic carbocycles. The van der Waals surface area contributed by atoms with Crippen molar-refractivity contribution in [3.8, 4) is 0 Å². The number of amides is 2. The first kappa shape index (κ1) is 22.2. The molecule has 0 fully saturated rings. The monoisotopic (exact) mass is 454 g/mol. The van der Waals surface area contributed by atoms with Crippen LogP contribution in [0.3, 0.4) is 0 Å². The molecule has 0 aliphatic heterocycles. The average molecular weight is 455 g/mol. The number of benzene rings is 2. The fourth-order valence-corrected chi connectivity index (χ4v) is 3.89. The topological polar surface area (TPSA) is 110 Å². The maximum Gasteiger partial charge on any atom is 0.337 e. The van der Waals surface area contributed by atoms with E-state index in [1.807, 2.05) is 30.3 Å². The van der Waals surface area contributed by atoms with Gasteiger partial charge in [0, 0.05) is 11.8 Å². The van der Waals surface area contributed by atoms with Crippen LogP contribution in [0.1, 0.15) is 15.9 Å². The van der Waals surface area contributed by atoms with E-state index >= 15 is 0 Å². The van der Waals surface area contributed by atoms with Crippen molar-refractivity contribution < 1.29 is 19.1 Å². The lowest BCUT2D eigenvalue weighted by Gasteiger charge is -2.05. The maximum atomic E-state index is 12.1. The molecule has 0 radical (unpaired) electrons. The van der Waals surface area contributed by atoms with Crippen LogP contribution in [0.15, 0.2) is 65.0 Å². The van der Waals surface area contributed by atoms with Crippen LogP contribution in [0, 0.1) is 0 Å². The Morgan fingerprint density at radius 3 is 2.48 bits per heavy atom. The Bertz CT molecular complexity index is 1080. The van der Waals surface area contributed by atoms with Crippen molar-refractivity contribution in [2.45, 2.75) is 4.34 Å². The molecule has 0 atom stereocenters. The molecule has 2 aromatic carbocycles. The van der Waals surface area contributed by atoms with E-state index in [1.54, 1.807) is 30.3 Å². The fourth-order valence-electron chi connectivity index (χ4n) is 2.33. The second-order valence-corrected chi connectivity index (χ2v) is 8.21. The zero-order valence-electron chi connectivity index (χ0n) is 16.4. The minimum Gasteiger partial charge on any atom is -0.465 e. The fraction of sp³-hybridized carbons (Fsp3) is 0.0952. The van der Waals surface area contributed by atoms with Gasteiger partial charge in [-0.2, -0.15) is 0 Å². The highest BCUT2D eigenvalue weighted by Crippen LogP contribution is 2.25. The molecule has 10 heteroatoms. The highest BCUT2D eigenvalue weighted by Gasteiger charge is 2.10. The first-order chi connectivity index (χ1) is 15.0. The summed E-state index contributed by atoms with van der Waals surface area (Å²) in [5.41, 5.74) is 1.88. The second kappa shape index (κ2) is 11.0. The summed E-state index contributed by atoms with van der Waals surface area (Å²) in [6.07, 6.45) is 3.12. The Balaban J connectivity index is 1.45. The van der Waals surface area contributed by atoms with Crippen molar-refractivity contribution in [1.82, 2.24) is 10.2 Å². The summed E-state index contributed by atoms with van der Waals surface area (Å²) >= 11 is 2.39. The van der Waals surface area contributed by atoms with Crippen molar-refractivity contribution in [3.63, 3.8) is 0 Å². The minimum atomic E-state index is -0.442. The summed E-state index contributed by atoms with van der Waals surface area (Å²) in [5.74, 6) is -0.870. The predicted octanol–water partition coefficient (Wildman–Crippen LogP) is 3.71. The summed E-state index contributed by atoms with van der Waals surface area (Å²) in [7, 11) is 1.31. The van der Waals surface area contributed by atoms with Crippen LogP contribution in [0.4, 0.5) is 10.8 Å². The molecule has 0 spiro atoms. The van der Waals surface area contributed by atoms with Crippen molar-refractivity contribution in [1.29, 1.82) is 0 Å². The molecule has 0 bridgehead atoms. The Morgan fingerprint density at radius 2 is 1.77 bits per heavy atom. The Hall–Kier alpha value is -3.50. The molecule has 8 nitrogen and oxygen atoms in total. The number of methoxy groups -OCH3 is 1. The summed E-state index contributed by atoms with van der Waals surface area (Å²) < 4.78 is 5.19. The van der Waals surface area contributed by atoms with Gasteiger partial charge in [-0.15, -0.1) is 10.2 Å². The van der Waals surface area contributed by atoms with Crippen molar-refractivity contribution in [3.05, 3.63) is 71.8 Å². The van der Waals surface area contributed by atoms with E-state index in [0.29, 0.717) is 20.7 Å². The van der Waals surface area contributed by atoms with Crippen molar-refractivity contribution in [2.75, 3.05) is 23.5 Å². The van der Waals surface area contributed by atoms with E-state index in [1.165, 1.54) is 36.3 Å². The Labute approximate surface area is 186 Å². The molecule has 1 heterocycles. The second-order valence-electron chi connectivity index (χ2n) is 6.01. The van der Waals surface area contributed by atoms with Gasteiger partial charge in [0.1, 0.15) is 0 Å². The summed E-state index contributed by atoms with van der Waals surface area (Å²) in [6, 6.07) is 15.8. The van der Waals surface area contributed by atoms with Crippen LogP contribution in [0.25, 0.3) is 6.08 Å². The smallest absolute Gasteiger partial charge is 0.337 e. The molecule has 0 unspecified atom stereocenters. The number of hydrogen-bond donors (Lipinski definition) is 2. The molecule has 31 heavy (non-hydrogen) atoms. The number of aromatic nitrogens is 2. The Kier molecular flexibility index (Phi) is 7.91. The van der Waals surface area contributed by atoms with E-state index in [4.69, 9.17) is 0 Å². The number of esters is 1. The molecule has 3 aromatic rings. The molecule has 158 valence electrons. The van der Waals surface area contributed by atoms with Crippen molar-refractivity contribution >= 4 is 57.8 Å². The SMILES string of the molecule is COC(=O)c1ccc(NC(=O)CSc2nnc(NC(=O)/C=C/c3ccccc3)s2)cc1. The summed E-state index contributed by atoms with van der Waals surface area (Å²) in [6.45, 7) is 0. The summed E-state index contributed by atoms with van der Waals surface area (Å²) in [5, 5.41) is 13.6. The minimum absolute atomic E-state index is 0.120. The van der Waals surface area contributed by atoms with Gasteiger partial charge >= 0.3 is 5.97 Å². The molecule has 2 N–H and O–H groups in total. The molecule has 0 aliphatic rings. The van der Waals surface area contributed by atoms with Gasteiger partial charge in [0.2, 0.25) is 16.9 Å². The number of rotatable bonds is 8. The normalized spacial score (nSPS) is 10.6. The molecular weight excluding hydrogens is 436 g/mol. The number of carbonyl (C=O) groups excluding carboxylic acids is 3. The molecule has 1 aromatic heterocycles. The van der Waals surface area contributed by atoms with Crippen LogP contribution in [0.5, 0.6) is 0 Å². The third-order valence-corrected chi connectivity index (χ3v) is 5.75. The van der Waals surface area contributed by atoms with Gasteiger partial charge in [-0.1, -0.05) is 53.4 Å². The van der Waals surface area contributed by atoms with Gasteiger partial charge in [-0.3, -0.25) is 14.9 Å². The predicted molar refractivity (Wildman–Crippen MR) is 121 cm³/mol. The highest BCUT2D eigenvalue weighted by atomic mass is 32.2. The van der Waals surface area contributed by atoms with E-state index in [9.17, 15) is 14.4 Å². The lowest BCUT2D eigenvalue weighted by molar-refractivity contribution is -0.114. The largest absolute Gasteiger partial charge is 0.465 e. The number of hydrogen-bond acceptors (Lipinski definition) is 8. The first-order valence-corrected chi connectivity index (χ1v) is 10.8. The standard InChI is InChI=1S/C21H18N4O4S2/c1-29-19(28)15-8-10-16(11-9-15)22-18(27)13-30-21-25-24-20(31-21)23-17(26)12-7-14-5-3-2-4-6-14/h2-12H,13H2,1H3,(H,22,27)(H,23,24,26)/b12-7+. The van der Waals surface area contributed by atoms with E-state index in [-0.39, 0.29) is 17.6 Å². The van der Waals surface area contributed by atoms with Crippen LogP contribution in [-0.4, -0.2) is 40.8 Å². The van der Waals surface area contributed by atoms with Crippen LogP contribution in [-0.2, 0) is 14.3 Å². The zero-order valence-corrected chi connectivity index (χ0v) is 18.0. The molecule has 0 saturated heterocycles. The maximum absolute atomic E-state index is 12.1. The van der Waals surface area contributed by atoms with Gasteiger partial charge < -0.3 is 10.1 Å². The number of ether oxygens (including phenoxy) is 1. The third-order valence-electron chi connectivity index (χ3n) is 3.78. The lowest BCUT2D eigenvalue weighted by Crippen LogP contribution is -2.14. The summed E-state index contributed by atoms with van der Waals surface area (Å²) in [4.78, 5) is 35.5. The quantitative estimate of drug-likeness (QED) is 0.231. The first-order valence-electron chi connectivity index (χ1n) is 9.02. The van der Waals surface area contributed by atoms with E-state index in [0.717, 1.165) is 5.56 Å². The van der Waals surface area contributed by atoms with Crippen LogP contribution in [0.2, 0.25) is 0 Å². The zero-order chi connectivity index (χ0) is 22.1. The van der Waals surface area contributed by atoms with Crippen molar-refractivity contribution in [2.24, 2.45) is 0 Å². The molecule has 3 rings (SSSR count). The van der Waals surface area contributed by atoms with Gasteiger partial charge in [-0.05, 0) is 35.9 Å². The van der Waals surface area contributed by atoms with Gasteiger partial charge in [-0.25, -0.2) is 4.79 Å². The van der Waals surface area contributed by atoms with E-state index in [2.05, 4.69) is 25.6 Å². The Morgan fingerprint density at radius 1 is 1.03 bits per heavy atom. The number of nitrogens with zero attached hydrogens (tertiary/aromatic N) is 2. The van der Waals surface area contributed by atoms with Gasteiger partial charge in [0.05, 0.1) is 18.4 Å². The van der Waals surface area contributed by atoms with E-state index < -0.39 is 5.97 Å². The average Bonchev–Trinajstić information content (AvgIpc) is 3.24.